The average Bonchev–Trinajstić information content (AvgIpc) is 2.24. The minimum absolute atomic E-state index is 0.293. The van der Waals surface area contributed by atoms with Crippen molar-refractivity contribution in [3.63, 3.8) is 0 Å². The van der Waals surface area contributed by atoms with E-state index in [2.05, 4.69) is 33.1 Å². The summed E-state index contributed by atoms with van der Waals surface area (Å²) in [6, 6.07) is 0. The molecule has 0 saturated carbocycles. The van der Waals surface area contributed by atoms with Crippen molar-refractivity contribution in [2.24, 2.45) is 5.41 Å². The van der Waals surface area contributed by atoms with Crippen LogP contribution in [0.5, 0.6) is 0 Å². The molecule has 0 bridgehead atoms. The summed E-state index contributed by atoms with van der Waals surface area (Å²) in [7, 11) is 0. The van der Waals surface area contributed by atoms with Crippen molar-refractivity contribution in [3.8, 4) is 0 Å². The molecule has 0 heterocycles. The van der Waals surface area contributed by atoms with Crippen LogP contribution >= 0.6 is 12.6 Å². The van der Waals surface area contributed by atoms with Gasteiger partial charge in [-0.3, -0.25) is 0 Å². The maximum absolute atomic E-state index is 5.80. The van der Waals surface area contributed by atoms with Crippen molar-refractivity contribution in [2.75, 3.05) is 19.0 Å². The molecule has 0 aromatic rings. The topological polar surface area (TPSA) is 9.23 Å². The highest BCUT2D eigenvalue weighted by molar-refractivity contribution is 7.80. The first kappa shape index (κ1) is 16.1. The number of hydrogen-bond acceptors (Lipinski definition) is 2. The Morgan fingerprint density at radius 3 is 2.19 bits per heavy atom. The quantitative estimate of drug-likeness (QED) is 0.338. The number of ether oxygens (including phenoxy) is 1. The van der Waals surface area contributed by atoms with Crippen molar-refractivity contribution in [2.45, 2.75) is 52.9 Å². The zero-order valence-corrected chi connectivity index (χ0v) is 12.1. The SMILES string of the molecule is C=C(C)CCOCC(CS)(CCC)CCC. The van der Waals surface area contributed by atoms with Gasteiger partial charge < -0.3 is 4.74 Å². The largest absolute Gasteiger partial charge is 0.381 e. The first-order valence-electron chi connectivity index (χ1n) is 6.43. The minimum atomic E-state index is 0.293. The van der Waals surface area contributed by atoms with E-state index in [1.54, 1.807) is 0 Å². The molecule has 0 unspecified atom stereocenters. The Kier molecular flexibility index (Phi) is 9.15. The van der Waals surface area contributed by atoms with E-state index in [0.717, 1.165) is 25.4 Å². The van der Waals surface area contributed by atoms with E-state index in [9.17, 15) is 0 Å². The summed E-state index contributed by atoms with van der Waals surface area (Å²) in [4.78, 5) is 0. The van der Waals surface area contributed by atoms with Crippen LogP contribution < -0.4 is 0 Å². The fourth-order valence-corrected chi connectivity index (χ4v) is 2.48. The fourth-order valence-electron chi connectivity index (χ4n) is 2.07. The summed E-state index contributed by atoms with van der Waals surface area (Å²) in [6.07, 6.45) is 5.84. The summed E-state index contributed by atoms with van der Waals surface area (Å²) < 4.78 is 5.80. The molecule has 0 atom stereocenters. The fraction of sp³-hybridized carbons (Fsp3) is 0.857. The second-order valence-corrected chi connectivity index (χ2v) is 5.23. The normalized spacial score (nSPS) is 11.8. The number of hydrogen-bond donors (Lipinski definition) is 1. The van der Waals surface area contributed by atoms with Crippen molar-refractivity contribution < 1.29 is 4.74 Å². The molecule has 0 aliphatic heterocycles. The highest BCUT2D eigenvalue weighted by atomic mass is 32.1. The molecule has 0 spiro atoms. The van der Waals surface area contributed by atoms with E-state index in [-0.39, 0.29) is 0 Å². The molecule has 0 saturated heterocycles. The molecule has 0 aromatic carbocycles. The summed E-state index contributed by atoms with van der Waals surface area (Å²) in [6.45, 7) is 12.1. The molecule has 1 nitrogen and oxygen atoms in total. The summed E-state index contributed by atoms with van der Waals surface area (Å²) >= 11 is 4.51. The Bertz CT molecular complexity index is 183. The molecule has 2 heteroatoms. The molecule has 0 aromatic heterocycles. The minimum Gasteiger partial charge on any atom is -0.381 e. The summed E-state index contributed by atoms with van der Waals surface area (Å²) in [5.41, 5.74) is 1.49. The van der Waals surface area contributed by atoms with Gasteiger partial charge in [-0.25, -0.2) is 0 Å². The second kappa shape index (κ2) is 9.12. The molecule has 0 aliphatic rings. The van der Waals surface area contributed by atoms with Gasteiger partial charge in [-0.15, -0.1) is 6.58 Å². The van der Waals surface area contributed by atoms with Crippen LogP contribution in [-0.4, -0.2) is 19.0 Å². The summed E-state index contributed by atoms with van der Waals surface area (Å²) in [5.74, 6) is 0.932. The van der Waals surface area contributed by atoms with Gasteiger partial charge in [0, 0.05) is 5.41 Å². The predicted octanol–water partition coefficient (Wildman–Crippen LogP) is 4.49. The van der Waals surface area contributed by atoms with Crippen molar-refractivity contribution in [1.29, 1.82) is 0 Å². The standard InChI is InChI=1S/C14H28OS/c1-5-8-14(12-16,9-6-2)11-15-10-7-13(3)4/h16H,3,5-12H2,1-2,4H3. The lowest BCUT2D eigenvalue weighted by Gasteiger charge is -2.31. The van der Waals surface area contributed by atoms with E-state index in [0.29, 0.717) is 5.41 Å². The Hall–Kier alpha value is 0.0500. The third-order valence-electron chi connectivity index (χ3n) is 2.98. The number of thiol groups is 1. The lowest BCUT2D eigenvalue weighted by Crippen LogP contribution is -2.29. The molecule has 0 rings (SSSR count). The van der Waals surface area contributed by atoms with E-state index in [1.165, 1.54) is 31.3 Å². The van der Waals surface area contributed by atoms with Crippen LogP contribution in [0.25, 0.3) is 0 Å². The van der Waals surface area contributed by atoms with Gasteiger partial charge in [0.15, 0.2) is 0 Å². The zero-order chi connectivity index (χ0) is 12.4. The van der Waals surface area contributed by atoms with Gasteiger partial charge in [0.05, 0.1) is 13.2 Å². The number of rotatable bonds is 10. The lowest BCUT2D eigenvalue weighted by molar-refractivity contribution is 0.0467. The first-order valence-corrected chi connectivity index (χ1v) is 7.06. The summed E-state index contributed by atoms with van der Waals surface area (Å²) in [5, 5.41) is 0. The smallest absolute Gasteiger partial charge is 0.0530 e. The first-order chi connectivity index (χ1) is 7.60. The van der Waals surface area contributed by atoms with Crippen molar-refractivity contribution in [1.82, 2.24) is 0 Å². The van der Waals surface area contributed by atoms with Crippen molar-refractivity contribution >= 4 is 12.6 Å². The Morgan fingerprint density at radius 2 is 1.81 bits per heavy atom. The molecule has 0 radical (unpaired) electrons. The van der Waals surface area contributed by atoms with Crippen LogP contribution in [0.3, 0.4) is 0 Å². The van der Waals surface area contributed by atoms with Gasteiger partial charge >= 0.3 is 0 Å². The van der Waals surface area contributed by atoms with Gasteiger partial charge in [0.2, 0.25) is 0 Å². The van der Waals surface area contributed by atoms with E-state index < -0.39 is 0 Å². The molecular weight excluding hydrogens is 216 g/mol. The third-order valence-corrected chi connectivity index (χ3v) is 3.65. The van der Waals surface area contributed by atoms with Gasteiger partial charge in [-0.05, 0) is 31.9 Å². The maximum Gasteiger partial charge on any atom is 0.0530 e. The Labute approximate surface area is 107 Å². The highest BCUT2D eigenvalue weighted by Crippen LogP contribution is 2.31. The molecule has 0 aliphatic carbocycles. The highest BCUT2D eigenvalue weighted by Gasteiger charge is 2.26. The van der Waals surface area contributed by atoms with Crippen LogP contribution in [0.4, 0.5) is 0 Å². The lowest BCUT2D eigenvalue weighted by atomic mass is 9.82. The van der Waals surface area contributed by atoms with E-state index >= 15 is 0 Å². The monoisotopic (exact) mass is 244 g/mol. The third kappa shape index (κ3) is 6.59. The van der Waals surface area contributed by atoms with Crippen molar-refractivity contribution in [3.05, 3.63) is 12.2 Å². The van der Waals surface area contributed by atoms with Crippen LogP contribution in [0.15, 0.2) is 12.2 Å². The maximum atomic E-state index is 5.80. The van der Waals surface area contributed by atoms with Crippen LogP contribution in [0.2, 0.25) is 0 Å². The average molecular weight is 244 g/mol. The van der Waals surface area contributed by atoms with Gasteiger partial charge in [-0.2, -0.15) is 12.6 Å². The van der Waals surface area contributed by atoms with Crippen LogP contribution in [0.1, 0.15) is 52.9 Å². The molecule has 0 amide bonds. The van der Waals surface area contributed by atoms with E-state index in [1.807, 2.05) is 6.92 Å². The van der Waals surface area contributed by atoms with Crippen LogP contribution in [-0.2, 0) is 4.74 Å². The molecule has 0 fully saturated rings. The van der Waals surface area contributed by atoms with Crippen LogP contribution in [0, 0.1) is 5.41 Å². The van der Waals surface area contributed by atoms with E-state index in [4.69, 9.17) is 4.74 Å². The molecule has 96 valence electrons. The zero-order valence-electron chi connectivity index (χ0n) is 11.2. The molecule has 0 N–H and O–H groups in total. The predicted molar refractivity (Wildman–Crippen MR) is 76.4 cm³/mol. The van der Waals surface area contributed by atoms with Gasteiger partial charge in [0.1, 0.15) is 0 Å². The Balaban J connectivity index is 4.03. The second-order valence-electron chi connectivity index (χ2n) is 4.92. The molecular formula is C14H28OS. The Morgan fingerprint density at radius 1 is 1.25 bits per heavy atom. The molecule has 16 heavy (non-hydrogen) atoms. The van der Waals surface area contributed by atoms with Gasteiger partial charge in [0.25, 0.3) is 0 Å². The van der Waals surface area contributed by atoms with Gasteiger partial charge in [-0.1, -0.05) is 32.3 Å².